The van der Waals surface area contributed by atoms with Gasteiger partial charge in [-0.25, -0.2) is 4.79 Å². The third-order valence-electron chi connectivity index (χ3n) is 3.35. The number of hydrogen-bond donors (Lipinski definition) is 1. The zero-order valence-electron chi connectivity index (χ0n) is 13.2. The lowest BCUT2D eigenvalue weighted by Gasteiger charge is -2.11. The molecule has 0 heterocycles. The third kappa shape index (κ3) is 3.83. The van der Waals surface area contributed by atoms with Gasteiger partial charge in [0.1, 0.15) is 22.8 Å². The molecule has 0 aliphatic carbocycles. The van der Waals surface area contributed by atoms with Crippen LogP contribution >= 0.6 is 0 Å². The quantitative estimate of drug-likeness (QED) is 0.826. The lowest BCUT2D eigenvalue weighted by Crippen LogP contribution is -2.04. The first kappa shape index (κ1) is 16.4. The van der Waals surface area contributed by atoms with E-state index in [1.54, 1.807) is 25.3 Å². The lowest BCUT2D eigenvalue weighted by molar-refractivity contribution is 0.0693. The van der Waals surface area contributed by atoms with E-state index in [0.29, 0.717) is 11.3 Å². The van der Waals surface area contributed by atoms with Crippen LogP contribution < -0.4 is 14.2 Å². The van der Waals surface area contributed by atoms with E-state index in [2.05, 4.69) is 0 Å². The summed E-state index contributed by atoms with van der Waals surface area (Å²) in [7, 11) is 4.55. The van der Waals surface area contributed by atoms with Crippen LogP contribution in [0.4, 0.5) is 0 Å². The van der Waals surface area contributed by atoms with Crippen molar-refractivity contribution in [3.63, 3.8) is 0 Å². The number of benzene rings is 2. The van der Waals surface area contributed by atoms with Gasteiger partial charge in [-0.05, 0) is 29.3 Å². The second-order valence-electron chi connectivity index (χ2n) is 4.71. The average Bonchev–Trinajstić information content (AvgIpc) is 2.59. The fourth-order valence-corrected chi connectivity index (χ4v) is 2.15. The molecule has 0 saturated heterocycles. The molecule has 5 nitrogen and oxygen atoms in total. The predicted octanol–water partition coefficient (Wildman–Crippen LogP) is 3.58. The molecule has 0 bridgehead atoms. The first-order valence-corrected chi connectivity index (χ1v) is 6.90. The molecule has 0 unspecified atom stereocenters. The van der Waals surface area contributed by atoms with Crippen molar-refractivity contribution >= 4 is 18.1 Å². The monoisotopic (exact) mass is 314 g/mol. The van der Waals surface area contributed by atoms with Crippen LogP contribution in [-0.2, 0) is 0 Å². The van der Waals surface area contributed by atoms with Crippen molar-refractivity contribution in [3.05, 3.63) is 53.1 Å². The van der Waals surface area contributed by atoms with Gasteiger partial charge < -0.3 is 19.3 Å². The Kier molecular flexibility index (Phi) is 5.25. The van der Waals surface area contributed by atoms with Gasteiger partial charge >= 0.3 is 5.97 Å². The maximum Gasteiger partial charge on any atom is 0.340 e. The summed E-state index contributed by atoms with van der Waals surface area (Å²) in [4.78, 5) is 11.5. The van der Waals surface area contributed by atoms with E-state index in [4.69, 9.17) is 14.2 Å². The Labute approximate surface area is 134 Å². The maximum absolute atomic E-state index is 11.5. The van der Waals surface area contributed by atoms with Gasteiger partial charge in [-0.1, -0.05) is 24.3 Å². The van der Waals surface area contributed by atoms with Gasteiger partial charge in [0.15, 0.2) is 0 Å². The van der Waals surface area contributed by atoms with Gasteiger partial charge in [-0.3, -0.25) is 0 Å². The fourth-order valence-electron chi connectivity index (χ4n) is 2.15. The number of aromatic carboxylic acids is 1. The number of carboxylic acid groups (broad SMARTS) is 1. The van der Waals surface area contributed by atoms with E-state index >= 15 is 0 Å². The van der Waals surface area contributed by atoms with E-state index in [9.17, 15) is 9.90 Å². The molecule has 0 aliphatic rings. The summed E-state index contributed by atoms with van der Waals surface area (Å²) in [6.07, 6.45) is 3.54. The topological polar surface area (TPSA) is 65.0 Å². The highest BCUT2D eigenvalue weighted by atomic mass is 16.5. The van der Waals surface area contributed by atoms with Gasteiger partial charge in [0.25, 0.3) is 0 Å². The zero-order chi connectivity index (χ0) is 16.8. The molecule has 2 rings (SSSR count). The van der Waals surface area contributed by atoms with E-state index in [1.165, 1.54) is 14.2 Å². The lowest BCUT2D eigenvalue weighted by atomic mass is 10.0. The Morgan fingerprint density at radius 3 is 2.09 bits per heavy atom. The third-order valence-corrected chi connectivity index (χ3v) is 3.35. The summed E-state index contributed by atoms with van der Waals surface area (Å²) in [6, 6.07) is 10.6. The fraction of sp³-hybridized carbons (Fsp3) is 0.167. The number of ether oxygens (including phenoxy) is 3. The molecule has 0 aromatic heterocycles. The van der Waals surface area contributed by atoms with Crippen LogP contribution in [0.2, 0.25) is 0 Å². The second-order valence-corrected chi connectivity index (χ2v) is 4.71. The Hall–Kier alpha value is -2.95. The molecule has 0 atom stereocenters. The molecule has 2 aromatic rings. The predicted molar refractivity (Wildman–Crippen MR) is 88.4 cm³/mol. The first-order chi connectivity index (χ1) is 11.1. The van der Waals surface area contributed by atoms with Gasteiger partial charge in [0.2, 0.25) is 0 Å². The SMILES string of the molecule is COc1ccc(/C=C/c2cc(OC)cc(OC)c2C(=O)O)cc1. The van der Waals surface area contributed by atoms with Crippen LogP contribution in [0.25, 0.3) is 12.2 Å². The second kappa shape index (κ2) is 7.35. The van der Waals surface area contributed by atoms with E-state index in [0.717, 1.165) is 11.3 Å². The minimum absolute atomic E-state index is 0.0954. The molecule has 0 radical (unpaired) electrons. The Morgan fingerprint density at radius 1 is 0.913 bits per heavy atom. The van der Waals surface area contributed by atoms with Crippen molar-refractivity contribution < 1.29 is 24.1 Å². The van der Waals surface area contributed by atoms with Crippen LogP contribution in [0, 0.1) is 0 Å². The van der Waals surface area contributed by atoms with Crippen molar-refractivity contribution in [2.24, 2.45) is 0 Å². The minimum atomic E-state index is -1.06. The molecule has 0 aliphatic heterocycles. The first-order valence-electron chi connectivity index (χ1n) is 6.90. The van der Waals surface area contributed by atoms with Crippen molar-refractivity contribution in [3.8, 4) is 17.2 Å². The molecule has 0 spiro atoms. The summed E-state index contributed by atoms with van der Waals surface area (Å²) < 4.78 is 15.5. The van der Waals surface area contributed by atoms with Gasteiger partial charge in [0.05, 0.1) is 21.3 Å². The van der Waals surface area contributed by atoms with Crippen LogP contribution in [0.1, 0.15) is 21.5 Å². The van der Waals surface area contributed by atoms with E-state index in [-0.39, 0.29) is 11.3 Å². The molecule has 2 aromatic carbocycles. The standard InChI is InChI=1S/C18H18O5/c1-21-14-8-5-12(6-9-14)4-7-13-10-15(22-2)11-16(23-3)17(13)18(19)20/h4-11H,1-3H3,(H,19,20)/b7-4+. The largest absolute Gasteiger partial charge is 0.497 e. The summed E-state index contributed by atoms with van der Waals surface area (Å²) in [5, 5.41) is 9.44. The number of hydrogen-bond acceptors (Lipinski definition) is 4. The molecule has 1 N–H and O–H groups in total. The smallest absolute Gasteiger partial charge is 0.340 e. The molecule has 0 fully saturated rings. The normalized spacial score (nSPS) is 10.6. The molecule has 120 valence electrons. The number of carbonyl (C=O) groups is 1. The van der Waals surface area contributed by atoms with Crippen LogP contribution in [-0.4, -0.2) is 32.4 Å². The summed E-state index contributed by atoms with van der Waals surface area (Å²) in [5.74, 6) is 0.489. The number of rotatable bonds is 6. The highest BCUT2D eigenvalue weighted by molar-refractivity contribution is 5.97. The van der Waals surface area contributed by atoms with Crippen molar-refractivity contribution in [1.82, 2.24) is 0 Å². The summed E-state index contributed by atoms with van der Waals surface area (Å²) in [6.45, 7) is 0. The number of carboxylic acids is 1. The maximum atomic E-state index is 11.5. The van der Waals surface area contributed by atoms with Crippen molar-refractivity contribution in [2.75, 3.05) is 21.3 Å². The highest BCUT2D eigenvalue weighted by Crippen LogP contribution is 2.30. The van der Waals surface area contributed by atoms with E-state index in [1.807, 2.05) is 30.3 Å². The molecule has 5 heteroatoms. The average molecular weight is 314 g/mol. The van der Waals surface area contributed by atoms with Crippen molar-refractivity contribution in [1.29, 1.82) is 0 Å². The Balaban J connectivity index is 2.43. The molecule has 0 amide bonds. The van der Waals surface area contributed by atoms with Crippen LogP contribution in [0.3, 0.4) is 0 Å². The van der Waals surface area contributed by atoms with Crippen LogP contribution in [0.15, 0.2) is 36.4 Å². The summed E-state index contributed by atoms with van der Waals surface area (Å²) >= 11 is 0. The Bertz CT molecular complexity index is 717. The molecular formula is C18H18O5. The van der Waals surface area contributed by atoms with Crippen LogP contribution in [0.5, 0.6) is 17.2 Å². The molecule has 0 saturated carbocycles. The molecule has 23 heavy (non-hydrogen) atoms. The minimum Gasteiger partial charge on any atom is -0.497 e. The van der Waals surface area contributed by atoms with Gasteiger partial charge in [-0.2, -0.15) is 0 Å². The Morgan fingerprint density at radius 2 is 1.57 bits per heavy atom. The number of methoxy groups -OCH3 is 3. The van der Waals surface area contributed by atoms with E-state index < -0.39 is 5.97 Å². The van der Waals surface area contributed by atoms with Crippen molar-refractivity contribution in [2.45, 2.75) is 0 Å². The highest BCUT2D eigenvalue weighted by Gasteiger charge is 2.17. The van der Waals surface area contributed by atoms with Gasteiger partial charge in [0, 0.05) is 6.07 Å². The van der Waals surface area contributed by atoms with Gasteiger partial charge in [-0.15, -0.1) is 0 Å². The summed E-state index contributed by atoms with van der Waals surface area (Å²) in [5.41, 5.74) is 1.52. The molecular weight excluding hydrogens is 296 g/mol. The zero-order valence-corrected chi connectivity index (χ0v) is 13.2.